The van der Waals surface area contributed by atoms with Crippen molar-refractivity contribution in [2.75, 3.05) is 25.1 Å². The molecule has 1 aliphatic carbocycles. The number of aryl methyl sites for hydroxylation is 2. The smallest absolute Gasteiger partial charge is 0.136 e. The molecule has 0 saturated carbocycles. The van der Waals surface area contributed by atoms with Gasteiger partial charge in [-0.2, -0.15) is 0 Å². The number of hydrogen-bond donors (Lipinski definition) is 2. The normalized spacial score (nSPS) is 13.3. The molecule has 0 aromatic carbocycles. The fourth-order valence-corrected chi connectivity index (χ4v) is 2.48. The van der Waals surface area contributed by atoms with Gasteiger partial charge < -0.3 is 15.8 Å². The van der Waals surface area contributed by atoms with E-state index in [2.05, 4.69) is 16.4 Å². The molecule has 4 nitrogen and oxygen atoms in total. The highest BCUT2D eigenvalue weighted by molar-refractivity contribution is 7.80. The number of pyridine rings is 1. The van der Waals surface area contributed by atoms with E-state index in [1.807, 2.05) is 6.92 Å². The first-order chi connectivity index (χ1) is 9.22. The van der Waals surface area contributed by atoms with Crippen molar-refractivity contribution in [2.24, 2.45) is 5.73 Å². The van der Waals surface area contributed by atoms with Gasteiger partial charge in [0.05, 0.1) is 5.56 Å². The lowest BCUT2D eigenvalue weighted by Crippen LogP contribution is -2.17. The molecule has 1 heterocycles. The summed E-state index contributed by atoms with van der Waals surface area (Å²) in [6.07, 6.45) is 4.26. The monoisotopic (exact) mass is 279 g/mol. The number of anilines is 1. The summed E-state index contributed by atoms with van der Waals surface area (Å²) < 4.78 is 5.31. The van der Waals surface area contributed by atoms with E-state index < -0.39 is 0 Å². The molecular weight excluding hydrogens is 258 g/mol. The van der Waals surface area contributed by atoms with Crippen molar-refractivity contribution in [3.8, 4) is 0 Å². The Hall–Kier alpha value is -1.20. The number of nitrogens with zero attached hydrogens (tertiary/aromatic N) is 1. The maximum atomic E-state index is 5.79. The van der Waals surface area contributed by atoms with E-state index in [9.17, 15) is 0 Å². The van der Waals surface area contributed by atoms with Crippen molar-refractivity contribution in [1.29, 1.82) is 0 Å². The Morgan fingerprint density at radius 2 is 2.37 bits per heavy atom. The lowest BCUT2D eigenvalue weighted by atomic mass is 10.1. The SMILES string of the molecule is CCOCCCNc1nc2c(cc1C(N)=S)CCC2. The summed E-state index contributed by atoms with van der Waals surface area (Å²) in [6, 6.07) is 2.10. The van der Waals surface area contributed by atoms with Gasteiger partial charge in [0.15, 0.2) is 0 Å². The number of hydrogen-bond acceptors (Lipinski definition) is 4. The van der Waals surface area contributed by atoms with Crippen LogP contribution in [0.4, 0.5) is 5.82 Å². The highest BCUT2D eigenvalue weighted by Gasteiger charge is 2.17. The molecule has 0 fully saturated rings. The Balaban J connectivity index is 2.03. The number of nitrogens with one attached hydrogen (secondary N) is 1. The third-order valence-electron chi connectivity index (χ3n) is 3.28. The fraction of sp³-hybridized carbons (Fsp3) is 0.571. The van der Waals surface area contributed by atoms with Crippen LogP contribution in [0.25, 0.3) is 0 Å². The average molecular weight is 279 g/mol. The van der Waals surface area contributed by atoms with Crippen molar-refractivity contribution in [3.05, 3.63) is 22.9 Å². The summed E-state index contributed by atoms with van der Waals surface area (Å²) in [7, 11) is 0. The summed E-state index contributed by atoms with van der Waals surface area (Å²) in [5.74, 6) is 0.824. The van der Waals surface area contributed by atoms with E-state index in [-0.39, 0.29) is 0 Å². The molecule has 0 unspecified atom stereocenters. The second-order valence-electron chi connectivity index (χ2n) is 4.69. The van der Waals surface area contributed by atoms with Crippen molar-refractivity contribution in [2.45, 2.75) is 32.6 Å². The molecule has 0 bridgehead atoms. The predicted octanol–water partition coefficient (Wildman–Crippen LogP) is 2.04. The molecule has 1 aromatic heterocycles. The van der Waals surface area contributed by atoms with Gasteiger partial charge in [0, 0.05) is 25.5 Å². The molecule has 0 amide bonds. The minimum atomic E-state index is 0.412. The van der Waals surface area contributed by atoms with Crippen molar-refractivity contribution < 1.29 is 4.74 Å². The lowest BCUT2D eigenvalue weighted by Gasteiger charge is -2.12. The Bertz CT molecular complexity index is 462. The van der Waals surface area contributed by atoms with Crippen LogP contribution < -0.4 is 11.1 Å². The first-order valence-corrected chi connectivity index (χ1v) is 7.27. The second kappa shape index (κ2) is 6.82. The number of fused-ring (bicyclic) bond motifs is 1. The summed E-state index contributed by atoms with van der Waals surface area (Å²) >= 11 is 5.11. The molecule has 0 atom stereocenters. The molecule has 0 saturated heterocycles. The first-order valence-electron chi connectivity index (χ1n) is 6.86. The minimum Gasteiger partial charge on any atom is -0.389 e. The molecule has 2 rings (SSSR count). The summed E-state index contributed by atoms with van der Waals surface area (Å²) in [4.78, 5) is 5.08. The first kappa shape index (κ1) is 14.2. The number of rotatable bonds is 7. The van der Waals surface area contributed by atoms with Crippen LogP contribution in [0, 0.1) is 0 Å². The molecule has 0 aliphatic heterocycles. The molecule has 0 spiro atoms. The quantitative estimate of drug-likeness (QED) is 0.591. The number of ether oxygens (including phenoxy) is 1. The van der Waals surface area contributed by atoms with Gasteiger partial charge in [0.2, 0.25) is 0 Å². The third-order valence-corrected chi connectivity index (χ3v) is 3.50. The Labute approximate surface area is 119 Å². The van der Waals surface area contributed by atoms with Gasteiger partial charge in [-0.15, -0.1) is 0 Å². The molecular formula is C14H21N3OS. The summed E-state index contributed by atoms with van der Waals surface area (Å²) in [5, 5.41) is 3.32. The summed E-state index contributed by atoms with van der Waals surface area (Å²) in [5.41, 5.74) is 9.14. The van der Waals surface area contributed by atoms with Gasteiger partial charge in [0.1, 0.15) is 10.8 Å². The van der Waals surface area contributed by atoms with E-state index in [0.717, 1.165) is 50.4 Å². The van der Waals surface area contributed by atoms with Crippen LogP contribution in [0.1, 0.15) is 36.6 Å². The fourth-order valence-electron chi connectivity index (χ4n) is 2.32. The van der Waals surface area contributed by atoms with E-state index in [0.29, 0.717) is 4.99 Å². The van der Waals surface area contributed by atoms with Crippen LogP contribution in [0.3, 0.4) is 0 Å². The Kier molecular flexibility index (Phi) is 5.10. The van der Waals surface area contributed by atoms with Crippen molar-refractivity contribution >= 4 is 23.0 Å². The van der Waals surface area contributed by atoms with Crippen LogP contribution in [0.15, 0.2) is 6.07 Å². The van der Waals surface area contributed by atoms with Crippen LogP contribution in [-0.4, -0.2) is 29.7 Å². The van der Waals surface area contributed by atoms with Gasteiger partial charge in [0.25, 0.3) is 0 Å². The zero-order valence-corrected chi connectivity index (χ0v) is 12.2. The van der Waals surface area contributed by atoms with Gasteiger partial charge in [-0.25, -0.2) is 4.98 Å². The molecule has 5 heteroatoms. The lowest BCUT2D eigenvalue weighted by molar-refractivity contribution is 0.147. The Morgan fingerprint density at radius 3 is 3.11 bits per heavy atom. The van der Waals surface area contributed by atoms with E-state index >= 15 is 0 Å². The standard InChI is InChI=1S/C14H21N3OS/c1-2-18-8-4-7-16-14-11(13(15)19)9-10-5-3-6-12(10)17-14/h9H,2-8H2,1H3,(H2,15,19)(H,16,17). The number of aromatic nitrogens is 1. The van der Waals surface area contributed by atoms with Crippen LogP contribution in [0.5, 0.6) is 0 Å². The topological polar surface area (TPSA) is 60.2 Å². The highest BCUT2D eigenvalue weighted by atomic mass is 32.1. The van der Waals surface area contributed by atoms with Crippen LogP contribution in [0.2, 0.25) is 0 Å². The van der Waals surface area contributed by atoms with E-state index in [4.69, 9.17) is 22.7 Å². The number of thiocarbonyl (C=S) groups is 1. The molecule has 104 valence electrons. The molecule has 3 N–H and O–H groups in total. The maximum Gasteiger partial charge on any atom is 0.136 e. The van der Waals surface area contributed by atoms with Gasteiger partial charge in [-0.05, 0) is 44.2 Å². The zero-order valence-electron chi connectivity index (χ0n) is 11.4. The summed E-state index contributed by atoms with van der Waals surface area (Å²) in [6.45, 7) is 4.34. The molecule has 1 aromatic rings. The number of nitrogens with two attached hydrogens (primary N) is 1. The largest absolute Gasteiger partial charge is 0.389 e. The van der Waals surface area contributed by atoms with Gasteiger partial charge in [-0.3, -0.25) is 0 Å². The minimum absolute atomic E-state index is 0.412. The highest BCUT2D eigenvalue weighted by Crippen LogP contribution is 2.25. The second-order valence-corrected chi connectivity index (χ2v) is 5.13. The van der Waals surface area contributed by atoms with Crippen molar-refractivity contribution in [1.82, 2.24) is 4.98 Å². The van der Waals surface area contributed by atoms with Crippen LogP contribution in [-0.2, 0) is 17.6 Å². The zero-order chi connectivity index (χ0) is 13.7. The van der Waals surface area contributed by atoms with Crippen molar-refractivity contribution in [3.63, 3.8) is 0 Å². The third kappa shape index (κ3) is 3.64. The van der Waals surface area contributed by atoms with E-state index in [1.165, 1.54) is 17.7 Å². The van der Waals surface area contributed by atoms with Gasteiger partial charge >= 0.3 is 0 Å². The molecule has 19 heavy (non-hydrogen) atoms. The van der Waals surface area contributed by atoms with Crippen LogP contribution >= 0.6 is 12.2 Å². The maximum absolute atomic E-state index is 5.79. The predicted molar refractivity (Wildman–Crippen MR) is 81.7 cm³/mol. The van der Waals surface area contributed by atoms with Gasteiger partial charge in [-0.1, -0.05) is 12.2 Å². The molecule has 1 aliphatic rings. The molecule has 0 radical (unpaired) electrons. The average Bonchev–Trinajstić information content (AvgIpc) is 2.84. The Morgan fingerprint density at radius 1 is 1.53 bits per heavy atom. The van der Waals surface area contributed by atoms with E-state index in [1.54, 1.807) is 0 Å².